The summed E-state index contributed by atoms with van der Waals surface area (Å²) < 4.78 is 0. The zero-order valence-corrected chi connectivity index (χ0v) is 12.4. The van der Waals surface area contributed by atoms with Crippen molar-refractivity contribution in [3.8, 4) is 0 Å². The zero-order valence-electron chi connectivity index (χ0n) is 12.4. The molecular weight excluding hydrogens is 250 g/mol. The summed E-state index contributed by atoms with van der Waals surface area (Å²) in [6.45, 7) is 5.87. The minimum atomic E-state index is 0.0774. The van der Waals surface area contributed by atoms with E-state index < -0.39 is 0 Å². The van der Waals surface area contributed by atoms with Crippen LogP contribution in [-0.2, 0) is 4.79 Å². The summed E-state index contributed by atoms with van der Waals surface area (Å²) in [5, 5.41) is 0. The molecule has 4 nitrogen and oxygen atoms in total. The van der Waals surface area contributed by atoms with Gasteiger partial charge in [0.2, 0.25) is 5.91 Å². The van der Waals surface area contributed by atoms with Crippen molar-refractivity contribution in [1.82, 2.24) is 9.80 Å². The Morgan fingerprint density at radius 1 is 1.20 bits per heavy atom. The van der Waals surface area contributed by atoms with Gasteiger partial charge in [-0.15, -0.1) is 0 Å². The second-order valence-corrected chi connectivity index (χ2v) is 5.61. The molecule has 0 saturated carbocycles. The average molecular weight is 273 g/mol. The van der Waals surface area contributed by atoms with Gasteiger partial charge in [-0.25, -0.2) is 0 Å². The number of hydrogen-bond donors (Lipinski definition) is 1. The van der Waals surface area contributed by atoms with E-state index in [9.17, 15) is 4.79 Å². The summed E-state index contributed by atoms with van der Waals surface area (Å²) in [7, 11) is 2.11. The first-order valence-corrected chi connectivity index (χ1v) is 7.02. The third-order valence-corrected chi connectivity index (χ3v) is 4.03. The Balaban J connectivity index is 1.99. The zero-order chi connectivity index (χ0) is 14.7. The van der Waals surface area contributed by atoms with Gasteiger partial charge in [0.15, 0.2) is 0 Å². The number of carbonyl (C=O) groups excluding carboxylic acids is 1. The number of likely N-dealkylation sites (N-methyl/N-ethyl adjacent to an activating group) is 1. The fourth-order valence-electron chi connectivity index (χ4n) is 2.46. The molecule has 1 aliphatic rings. The highest BCUT2D eigenvalue weighted by atomic mass is 16.2. The summed E-state index contributed by atoms with van der Waals surface area (Å²) in [5.41, 5.74) is 7.36. The summed E-state index contributed by atoms with van der Waals surface area (Å²) in [4.78, 5) is 16.5. The van der Waals surface area contributed by atoms with Crippen molar-refractivity contribution in [3.63, 3.8) is 0 Å². The Morgan fingerprint density at radius 2 is 1.75 bits per heavy atom. The molecule has 0 aliphatic carbocycles. The maximum absolute atomic E-state index is 12.2. The van der Waals surface area contributed by atoms with Gasteiger partial charge >= 0.3 is 0 Å². The Bertz CT molecular complexity index is 483. The number of nitrogen functional groups attached to an aromatic ring is 1. The van der Waals surface area contributed by atoms with Gasteiger partial charge in [0.1, 0.15) is 0 Å². The van der Waals surface area contributed by atoms with E-state index in [0.29, 0.717) is 12.1 Å². The maximum atomic E-state index is 12.2. The largest absolute Gasteiger partial charge is 0.399 e. The molecule has 2 rings (SSSR count). The van der Waals surface area contributed by atoms with Gasteiger partial charge in [-0.3, -0.25) is 9.69 Å². The van der Waals surface area contributed by atoms with Gasteiger partial charge in [-0.1, -0.05) is 12.1 Å². The normalized spacial score (nSPS) is 24.2. The molecule has 1 amide bonds. The SMILES string of the molecule is CC1CN(C(=O)/C=C/c2ccc(N)cc2)CC(C)N1C. The lowest BCUT2D eigenvalue weighted by Crippen LogP contribution is -2.56. The fourth-order valence-corrected chi connectivity index (χ4v) is 2.46. The van der Waals surface area contributed by atoms with Gasteiger partial charge in [0, 0.05) is 36.9 Å². The fraction of sp³-hybridized carbons (Fsp3) is 0.438. The third-order valence-electron chi connectivity index (χ3n) is 4.03. The third kappa shape index (κ3) is 3.39. The molecule has 1 heterocycles. The van der Waals surface area contributed by atoms with E-state index in [1.165, 1.54) is 0 Å². The van der Waals surface area contributed by atoms with Crippen LogP contribution in [-0.4, -0.2) is 47.9 Å². The number of rotatable bonds is 2. The molecule has 20 heavy (non-hydrogen) atoms. The van der Waals surface area contributed by atoms with Crippen LogP contribution >= 0.6 is 0 Å². The Morgan fingerprint density at radius 3 is 2.30 bits per heavy atom. The molecule has 0 spiro atoms. The van der Waals surface area contributed by atoms with Crippen LogP contribution in [0.15, 0.2) is 30.3 Å². The van der Waals surface area contributed by atoms with E-state index in [1.807, 2.05) is 35.2 Å². The van der Waals surface area contributed by atoms with E-state index in [1.54, 1.807) is 6.08 Å². The second-order valence-electron chi connectivity index (χ2n) is 5.61. The van der Waals surface area contributed by atoms with Crippen LogP contribution in [0.5, 0.6) is 0 Å². The van der Waals surface area contributed by atoms with Gasteiger partial charge < -0.3 is 10.6 Å². The minimum Gasteiger partial charge on any atom is -0.399 e. The monoisotopic (exact) mass is 273 g/mol. The van der Waals surface area contributed by atoms with Crippen LogP contribution in [0.2, 0.25) is 0 Å². The highest BCUT2D eigenvalue weighted by molar-refractivity contribution is 5.92. The van der Waals surface area contributed by atoms with E-state index >= 15 is 0 Å². The Labute approximate surface area is 120 Å². The topological polar surface area (TPSA) is 49.6 Å². The molecule has 1 aromatic carbocycles. The van der Waals surface area contributed by atoms with Crippen molar-refractivity contribution in [2.45, 2.75) is 25.9 Å². The molecule has 0 radical (unpaired) electrons. The van der Waals surface area contributed by atoms with Crippen LogP contribution in [0, 0.1) is 0 Å². The molecule has 2 atom stereocenters. The molecule has 1 fully saturated rings. The Kier molecular flexibility index (Phi) is 4.45. The number of amides is 1. The van der Waals surface area contributed by atoms with E-state index in [-0.39, 0.29) is 5.91 Å². The average Bonchev–Trinajstić information content (AvgIpc) is 2.43. The molecule has 0 bridgehead atoms. The standard InChI is InChI=1S/C16H23N3O/c1-12-10-19(11-13(2)18(12)3)16(20)9-6-14-4-7-15(17)8-5-14/h4-9,12-13H,10-11,17H2,1-3H3/b9-6+. The van der Waals surface area contributed by atoms with Crippen molar-refractivity contribution in [3.05, 3.63) is 35.9 Å². The highest BCUT2D eigenvalue weighted by Crippen LogP contribution is 2.14. The van der Waals surface area contributed by atoms with Gasteiger partial charge in [0.05, 0.1) is 0 Å². The van der Waals surface area contributed by atoms with Crippen LogP contribution in [0.25, 0.3) is 6.08 Å². The number of nitrogens with two attached hydrogens (primary N) is 1. The first kappa shape index (κ1) is 14.6. The first-order chi connectivity index (χ1) is 9.47. The number of hydrogen-bond acceptors (Lipinski definition) is 3. The van der Waals surface area contributed by atoms with Crippen molar-refractivity contribution < 1.29 is 4.79 Å². The van der Waals surface area contributed by atoms with Crippen LogP contribution in [0.1, 0.15) is 19.4 Å². The number of piperazine rings is 1. The quantitative estimate of drug-likeness (QED) is 0.660. The highest BCUT2D eigenvalue weighted by Gasteiger charge is 2.28. The number of nitrogens with zero attached hydrogens (tertiary/aromatic N) is 2. The Hall–Kier alpha value is -1.81. The predicted molar refractivity (Wildman–Crippen MR) is 83.2 cm³/mol. The second kappa shape index (κ2) is 6.09. The molecule has 0 aromatic heterocycles. The van der Waals surface area contributed by atoms with Crippen molar-refractivity contribution in [1.29, 1.82) is 0 Å². The lowest BCUT2D eigenvalue weighted by molar-refractivity contribution is -0.129. The van der Waals surface area contributed by atoms with Gasteiger partial charge in [-0.2, -0.15) is 0 Å². The maximum Gasteiger partial charge on any atom is 0.246 e. The first-order valence-electron chi connectivity index (χ1n) is 7.02. The van der Waals surface area contributed by atoms with Gasteiger partial charge in [0.25, 0.3) is 0 Å². The lowest BCUT2D eigenvalue weighted by Gasteiger charge is -2.42. The van der Waals surface area contributed by atoms with Crippen molar-refractivity contribution in [2.24, 2.45) is 0 Å². The van der Waals surface area contributed by atoms with Crippen molar-refractivity contribution >= 4 is 17.7 Å². The number of anilines is 1. The van der Waals surface area contributed by atoms with E-state index in [4.69, 9.17) is 5.73 Å². The molecule has 1 aliphatic heterocycles. The minimum absolute atomic E-state index is 0.0774. The van der Waals surface area contributed by atoms with Crippen molar-refractivity contribution in [2.75, 3.05) is 25.9 Å². The smallest absolute Gasteiger partial charge is 0.246 e. The molecular formula is C16H23N3O. The predicted octanol–water partition coefficient (Wildman–Crippen LogP) is 1.83. The van der Waals surface area contributed by atoms with E-state index in [2.05, 4.69) is 25.8 Å². The van der Waals surface area contributed by atoms with Crippen LogP contribution in [0.3, 0.4) is 0 Å². The number of carbonyl (C=O) groups is 1. The van der Waals surface area contributed by atoms with Gasteiger partial charge in [-0.05, 0) is 44.7 Å². The molecule has 1 saturated heterocycles. The summed E-state index contributed by atoms with van der Waals surface area (Å²) in [6.07, 6.45) is 3.49. The summed E-state index contributed by atoms with van der Waals surface area (Å²) >= 11 is 0. The molecule has 4 heteroatoms. The van der Waals surface area contributed by atoms with Crippen LogP contribution in [0.4, 0.5) is 5.69 Å². The summed E-state index contributed by atoms with van der Waals surface area (Å²) in [5.74, 6) is 0.0774. The lowest BCUT2D eigenvalue weighted by atomic mass is 10.1. The van der Waals surface area contributed by atoms with E-state index in [0.717, 1.165) is 24.3 Å². The number of benzene rings is 1. The molecule has 2 N–H and O–H groups in total. The molecule has 1 aromatic rings. The molecule has 108 valence electrons. The summed E-state index contributed by atoms with van der Waals surface area (Å²) in [6, 6.07) is 8.29. The molecule has 2 unspecified atom stereocenters. The van der Waals surface area contributed by atoms with Crippen LogP contribution < -0.4 is 5.73 Å².